The van der Waals surface area contributed by atoms with Gasteiger partial charge in [-0.3, -0.25) is 9.59 Å². The second-order valence-electron chi connectivity index (χ2n) is 5.82. The third-order valence-corrected chi connectivity index (χ3v) is 5.76. The number of carbonyl (C=O) groups excluding carboxylic acids is 1. The van der Waals surface area contributed by atoms with Gasteiger partial charge in [-0.1, -0.05) is 0 Å². The molecule has 1 aromatic heterocycles. The molecule has 9 heteroatoms. The van der Waals surface area contributed by atoms with E-state index in [0.717, 1.165) is 4.31 Å². The Morgan fingerprint density at radius 2 is 2.09 bits per heavy atom. The van der Waals surface area contributed by atoms with Crippen LogP contribution in [0.3, 0.4) is 0 Å². The van der Waals surface area contributed by atoms with Gasteiger partial charge in [0.15, 0.2) is 0 Å². The lowest BCUT2D eigenvalue weighted by Crippen LogP contribution is -2.44. The molecule has 23 heavy (non-hydrogen) atoms. The van der Waals surface area contributed by atoms with Crippen LogP contribution in [0.4, 0.5) is 0 Å². The van der Waals surface area contributed by atoms with Crippen molar-refractivity contribution in [2.24, 2.45) is 5.92 Å². The largest absolute Gasteiger partial charge is 0.379 e. The summed E-state index contributed by atoms with van der Waals surface area (Å²) in [5, 5.41) is 2.70. The topological polar surface area (TPSA) is 109 Å². The molecule has 1 aliphatic heterocycles. The number of hydrogen-bond donors (Lipinski definition) is 2. The van der Waals surface area contributed by atoms with Gasteiger partial charge >= 0.3 is 0 Å². The van der Waals surface area contributed by atoms with Gasteiger partial charge in [0.2, 0.25) is 10.0 Å². The molecule has 2 rings (SSSR count). The predicted molar refractivity (Wildman–Crippen MR) is 84.8 cm³/mol. The van der Waals surface area contributed by atoms with E-state index in [0.29, 0.717) is 5.69 Å². The molecule has 1 amide bonds. The first-order valence-corrected chi connectivity index (χ1v) is 8.80. The Kier molecular flexibility index (Phi) is 5.23. The van der Waals surface area contributed by atoms with E-state index in [1.54, 1.807) is 13.0 Å². The van der Waals surface area contributed by atoms with Crippen molar-refractivity contribution in [3.8, 4) is 0 Å². The summed E-state index contributed by atoms with van der Waals surface area (Å²) in [5.41, 5.74) is 0.182. The average molecular weight is 343 g/mol. The first-order valence-electron chi connectivity index (χ1n) is 7.19. The van der Waals surface area contributed by atoms with Crippen LogP contribution in [0.2, 0.25) is 0 Å². The number of aromatic amines is 1. The number of carbonyl (C=O) groups is 1. The molecule has 1 saturated heterocycles. The number of nitrogens with one attached hydrogen (secondary N) is 2. The zero-order valence-corrected chi connectivity index (χ0v) is 14.1. The second kappa shape index (κ2) is 6.81. The van der Waals surface area contributed by atoms with Crippen LogP contribution in [0.5, 0.6) is 0 Å². The van der Waals surface area contributed by atoms with Gasteiger partial charge in [0.05, 0.1) is 25.0 Å². The van der Waals surface area contributed by atoms with Crippen molar-refractivity contribution >= 4 is 15.9 Å². The maximum Gasteiger partial charge on any atom is 0.260 e. The van der Waals surface area contributed by atoms with Crippen molar-refractivity contribution in [3.63, 3.8) is 0 Å². The number of hydrogen-bond acceptors (Lipinski definition) is 5. The first kappa shape index (κ1) is 17.6. The molecule has 128 valence electrons. The van der Waals surface area contributed by atoms with E-state index >= 15 is 0 Å². The Morgan fingerprint density at radius 1 is 1.39 bits per heavy atom. The van der Waals surface area contributed by atoms with Crippen molar-refractivity contribution in [1.82, 2.24) is 14.6 Å². The van der Waals surface area contributed by atoms with Gasteiger partial charge in [0.1, 0.15) is 5.56 Å². The summed E-state index contributed by atoms with van der Waals surface area (Å²) in [6.45, 7) is 2.20. The summed E-state index contributed by atoms with van der Waals surface area (Å²) < 4.78 is 30.4. The van der Waals surface area contributed by atoms with Crippen LogP contribution < -0.4 is 10.9 Å². The number of sulfonamides is 1. The van der Waals surface area contributed by atoms with Gasteiger partial charge in [0.25, 0.3) is 11.5 Å². The molecule has 0 aliphatic carbocycles. The van der Waals surface area contributed by atoms with Crippen molar-refractivity contribution in [3.05, 3.63) is 33.7 Å². The normalized spacial score (nSPS) is 21.6. The van der Waals surface area contributed by atoms with Gasteiger partial charge in [0, 0.05) is 25.7 Å². The number of amides is 1. The van der Waals surface area contributed by atoms with Crippen LogP contribution in [0.25, 0.3) is 0 Å². The fraction of sp³-hybridized carbons (Fsp3) is 0.571. The molecule has 1 fully saturated rings. The molecule has 1 aliphatic rings. The molecular weight excluding hydrogens is 322 g/mol. The van der Waals surface area contributed by atoms with E-state index < -0.39 is 27.5 Å². The molecule has 2 atom stereocenters. The molecule has 1 aromatic rings. The van der Waals surface area contributed by atoms with Gasteiger partial charge in [-0.25, -0.2) is 12.7 Å². The fourth-order valence-electron chi connectivity index (χ4n) is 2.34. The standard InChI is InChI=1S/C14H21N3O5S/c1-9-4-5-11(13(18)15-9)14(19)16-12-7-22-6-10(12)8-23(20,21)17(2)3/h4-5,10,12H,6-8H2,1-3H3,(H,15,18)(H,16,19)/t10-,12-/m0/s1. The Hall–Kier alpha value is -1.71. The maximum absolute atomic E-state index is 12.2. The van der Waals surface area contributed by atoms with Gasteiger partial charge in [-0.15, -0.1) is 0 Å². The summed E-state index contributed by atoms with van der Waals surface area (Å²) in [7, 11) is -0.469. The zero-order valence-electron chi connectivity index (χ0n) is 13.3. The maximum atomic E-state index is 12.2. The van der Waals surface area contributed by atoms with E-state index in [1.165, 1.54) is 20.2 Å². The molecule has 0 unspecified atom stereocenters. The minimum absolute atomic E-state index is 0.00304. The highest BCUT2D eigenvalue weighted by Gasteiger charge is 2.34. The minimum Gasteiger partial charge on any atom is -0.379 e. The molecule has 2 N–H and O–H groups in total. The number of H-pyrrole nitrogens is 1. The third-order valence-electron chi connectivity index (χ3n) is 3.80. The van der Waals surface area contributed by atoms with Gasteiger partial charge in [-0.2, -0.15) is 0 Å². The Labute approximate surface area is 134 Å². The number of rotatable bonds is 5. The summed E-state index contributed by atoms with van der Waals surface area (Å²) in [6, 6.07) is 2.64. The molecule has 8 nitrogen and oxygen atoms in total. The average Bonchev–Trinajstić information content (AvgIpc) is 2.84. The van der Waals surface area contributed by atoms with Crippen LogP contribution in [0, 0.1) is 12.8 Å². The number of nitrogens with zero attached hydrogens (tertiary/aromatic N) is 1. The Morgan fingerprint density at radius 3 is 2.70 bits per heavy atom. The smallest absolute Gasteiger partial charge is 0.260 e. The number of ether oxygens (including phenoxy) is 1. The van der Waals surface area contributed by atoms with Crippen LogP contribution in [0.15, 0.2) is 16.9 Å². The Balaban J connectivity index is 2.09. The molecule has 2 heterocycles. The lowest BCUT2D eigenvalue weighted by atomic mass is 10.1. The predicted octanol–water partition coefficient (Wildman–Crippen LogP) is -0.680. The monoisotopic (exact) mass is 343 g/mol. The highest BCUT2D eigenvalue weighted by molar-refractivity contribution is 7.89. The SMILES string of the molecule is Cc1ccc(C(=O)N[C@H]2COC[C@H]2CS(=O)(=O)N(C)C)c(=O)[nH]1. The van der Waals surface area contributed by atoms with Crippen LogP contribution in [0.1, 0.15) is 16.1 Å². The summed E-state index contributed by atoms with van der Waals surface area (Å²) in [6.07, 6.45) is 0. The van der Waals surface area contributed by atoms with E-state index in [2.05, 4.69) is 10.3 Å². The molecule has 0 radical (unpaired) electrons. The lowest BCUT2D eigenvalue weighted by Gasteiger charge is -2.20. The first-order chi connectivity index (χ1) is 10.7. The second-order valence-corrected chi connectivity index (χ2v) is 8.05. The lowest BCUT2D eigenvalue weighted by molar-refractivity contribution is 0.0924. The molecular formula is C14H21N3O5S. The van der Waals surface area contributed by atoms with E-state index in [1.807, 2.05) is 0 Å². The number of aryl methyl sites for hydroxylation is 1. The van der Waals surface area contributed by atoms with Crippen LogP contribution in [-0.2, 0) is 14.8 Å². The highest BCUT2D eigenvalue weighted by atomic mass is 32.2. The van der Waals surface area contributed by atoms with Crippen molar-refractivity contribution in [2.45, 2.75) is 13.0 Å². The van der Waals surface area contributed by atoms with Crippen LogP contribution >= 0.6 is 0 Å². The van der Waals surface area contributed by atoms with Crippen molar-refractivity contribution in [1.29, 1.82) is 0 Å². The summed E-state index contributed by atoms with van der Waals surface area (Å²) in [5.74, 6) is -1.00. The molecule has 0 bridgehead atoms. The third kappa shape index (κ3) is 4.18. The quantitative estimate of drug-likeness (QED) is 0.736. The summed E-state index contributed by atoms with van der Waals surface area (Å²) >= 11 is 0. The highest BCUT2D eigenvalue weighted by Crippen LogP contribution is 2.17. The zero-order chi connectivity index (χ0) is 17.2. The van der Waals surface area contributed by atoms with E-state index in [4.69, 9.17) is 4.74 Å². The minimum atomic E-state index is -3.39. The molecule has 0 saturated carbocycles. The fourth-order valence-corrected chi connectivity index (χ4v) is 3.51. The van der Waals surface area contributed by atoms with E-state index in [9.17, 15) is 18.0 Å². The molecule has 0 spiro atoms. The van der Waals surface area contributed by atoms with Gasteiger partial charge < -0.3 is 15.0 Å². The number of pyridine rings is 1. The molecule has 0 aromatic carbocycles. The van der Waals surface area contributed by atoms with Crippen molar-refractivity contribution < 1.29 is 17.9 Å². The van der Waals surface area contributed by atoms with E-state index in [-0.39, 0.29) is 30.4 Å². The van der Waals surface area contributed by atoms with Gasteiger partial charge in [-0.05, 0) is 19.1 Å². The van der Waals surface area contributed by atoms with Crippen molar-refractivity contribution in [2.75, 3.05) is 33.1 Å². The summed E-state index contributed by atoms with van der Waals surface area (Å²) in [4.78, 5) is 26.6. The Bertz CT molecular complexity index is 741. The number of aromatic nitrogens is 1. The van der Waals surface area contributed by atoms with Crippen LogP contribution in [-0.4, -0.2) is 62.7 Å².